The molecule has 0 spiro atoms. The lowest BCUT2D eigenvalue weighted by Crippen LogP contribution is -2.34. The molecular weight excluding hydrogens is 247 g/mol. The zero-order valence-electron chi connectivity index (χ0n) is 9.57. The number of Topliss-reactive ketones (excluding diaryl/α,β-unsaturated/α-hetero) is 1. The summed E-state index contributed by atoms with van der Waals surface area (Å²) in [7, 11) is 0. The Balaban J connectivity index is 2.09. The van der Waals surface area contributed by atoms with E-state index in [1.807, 2.05) is 4.90 Å². The maximum Gasteiger partial charge on any atom is 0.394 e. The number of hydrogen-bond donors (Lipinski definition) is 0. The van der Waals surface area contributed by atoms with Gasteiger partial charge in [0.1, 0.15) is 17.9 Å². The molecule has 1 aromatic heterocycles. The van der Waals surface area contributed by atoms with Crippen LogP contribution >= 0.6 is 0 Å². The molecule has 0 amide bonds. The van der Waals surface area contributed by atoms with Gasteiger partial charge in [-0.2, -0.15) is 13.2 Å². The smallest absolute Gasteiger partial charge is 0.356 e. The second-order valence-corrected chi connectivity index (χ2v) is 4.19. The van der Waals surface area contributed by atoms with E-state index < -0.39 is 12.6 Å². The van der Waals surface area contributed by atoms with Crippen LogP contribution < -0.4 is 4.90 Å². The Bertz CT molecular complexity index is 437. The number of carbonyl (C=O) groups is 1. The molecule has 18 heavy (non-hydrogen) atoms. The van der Waals surface area contributed by atoms with Gasteiger partial charge in [-0.05, 0) is 0 Å². The molecule has 1 aromatic rings. The summed E-state index contributed by atoms with van der Waals surface area (Å²) in [6.07, 6.45) is -3.37. The number of ketones is 1. The van der Waals surface area contributed by atoms with Gasteiger partial charge in [0, 0.05) is 32.0 Å². The van der Waals surface area contributed by atoms with Gasteiger partial charge in [-0.1, -0.05) is 0 Å². The van der Waals surface area contributed by atoms with Crippen LogP contribution in [0.15, 0.2) is 12.4 Å². The van der Waals surface area contributed by atoms with Crippen LogP contribution in [-0.4, -0.2) is 35.0 Å². The van der Waals surface area contributed by atoms with E-state index in [0.29, 0.717) is 31.7 Å². The molecule has 0 unspecified atom stereocenters. The van der Waals surface area contributed by atoms with Crippen molar-refractivity contribution >= 4 is 11.6 Å². The summed E-state index contributed by atoms with van der Waals surface area (Å²) in [6, 6.07) is 1.34. The summed E-state index contributed by atoms with van der Waals surface area (Å²) in [5, 5.41) is 0. The Morgan fingerprint density at radius 2 is 1.89 bits per heavy atom. The van der Waals surface area contributed by atoms with Crippen LogP contribution in [0.4, 0.5) is 19.0 Å². The fraction of sp³-hybridized carbons (Fsp3) is 0.545. The normalized spacial score (nSPS) is 17.1. The molecule has 98 valence electrons. The van der Waals surface area contributed by atoms with E-state index in [9.17, 15) is 18.0 Å². The third-order valence-corrected chi connectivity index (χ3v) is 2.74. The van der Waals surface area contributed by atoms with Crippen molar-refractivity contribution in [2.24, 2.45) is 0 Å². The predicted molar refractivity (Wildman–Crippen MR) is 58.2 cm³/mol. The van der Waals surface area contributed by atoms with E-state index in [4.69, 9.17) is 0 Å². The number of hydrogen-bond acceptors (Lipinski definition) is 4. The lowest BCUT2D eigenvalue weighted by atomic mass is 10.1. The van der Waals surface area contributed by atoms with Crippen molar-refractivity contribution in [1.29, 1.82) is 0 Å². The SMILES string of the molecule is O=C1CCN(c2cc(CC(F)(F)F)ncn2)CC1. The molecule has 0 radical (unpaired) electrons. The van der Waals surface area contributed by atoms with Crippen molar-refractivity contribution < 1.29 is 18.0 Å². The molecule has 1 aliphatic rings. The van der Waals surface area contributed by atoms with Crippen molar-refractivity contribution in [3.8, 4) is 0 Å². The maximum absolute atomic E-state index is 12.2. The molecule has 4 nitrogen and oxygen atoms in total. The first kappa shape index (κ1) is 12.8. The summed E-state index contributed by atoms with van der Waals surface area (Å²) in [4.78, 5) is 20.5. The second-order valence-electron chi connectivity index (χ2n) is 4.19. The number of rotatable bonds is 2. The number of nitrogens with zero attached hydrogens (tertiary/aromatic N) is 3. The van der Waals surface area contributed by atoms with Gasteiger partial charge in [0.2, 0.25) is 0 Å². The van der Waals surface area contributed by atoms with Gasteiger partial charge in [0.05, 0.1) is 12.1 Å². The molecule has 2 heterocycles. The third kappa shape index (κ3) is 3.41. The molecule has 7 heteroatoms. The lowest BCUT2D eigenvalue weighted by Gasteiger charge is -2.27. The van der Waals surface area contributed by atoms with E-state index in [0.717, 1.165) is 6.33 Å². The van der Waals surface area contributed by atoms with Crippen LogP contribution in [0.25, 0.3) is 0 Å². The molecule has 0 saturated carbocycles. The molecule has 2 rings (SSSR count). The highest BCUT2D eigenvalue weighted by Gasteiger charge is 2.29. The van der Waals surface area contributed by atoms with Crippen molar-refractivity contribution in [3.63, 3.8) is 0 Å². The van der Waals surface area contributed by atoms with Gasteiger partial charge in [0.25, 0.3) is 0 Å². The largest absolute Gasteiger partial charge is 0.394 e. The first-order chi connectivity index (χ1) is 8.44. The second kappa shape index (κ2) is 4.91. The molecular formula is C11H12F3N3O. The van der Waals surface area contributed by atoms with E-state index in [2.05, 4.69) is 9.97 Å². The molecule has 1 fully saturated rings. The maximum atomic E-state index is 12.2. The predicted octanol–water partition coefficient (Wildman–Crippen LogP) is 1.75. The Morgan fingerprint density at radius 3 is 2.50 bits per heavy atom. The fourth-order valence-corrected chi connectivity index (χ4v) is 1.85. The highest BCUT2D eigenvalue weighted by Crippen LogP contribution is 2.22. The Labute approximate surface area is 102 Å². The van der Waals surface area contributed by atoms with Crippen LogP contribution in [0.1, 0.15) is 18.5 Å². The quantitative estimate of drug-likeness (QED) is 0.811. The van der Waals surface area contributed by atoms with Crippen LogP contribution in [0, 0.1) is 0 Å². The molecule has 0 bridgehead atoms. The lowest BCUT2D eigenvalue weighted by molar-refractivity contribution is -0.127. The average Bonchev–Trinajstić information content (AvgIpc) is 2.28. The van der Waals surface area contributed by atoms with Crippen LogP contribution in [0.3, 0.4) is 0 Å². The minimum atomic E-state index is -4.27. The summed E-state index contributed by atoms with van der Waals surface area (Å²) in [6.45, 7) is 1.00. The molecule has 0 aliphatic carbocycles. The van der Waals surface area contributed by atoms with E-state index in [1.54, 1.807) is 0 Å². The minimum Gasteiger partial charge on any atom is -0.356 e. The third-order valence-electron chi connectivity index (χ3n) is 2.74. The standard InChI is InChI=1S/C11H12F3N3O/c12-11(13,14)6-8-5-10(16-7-15-8)17-3-1-9(18)2-4-17/h5,7H,1-4,6H2. The zero-order chi connectivity index (χ0) is 13.2. The number of aromatic nitrogens is 2. The van der Waals surface area contributed by atoms with Gasteiger partial charge in [-0.25, -0.2) is 9.97 Å². The molecule has 0 atom stereocenters. The highest BCUT2D eigenvalue weighted by atomic mass is 19.4. The zero-order valence-corrected chi connectivity index (χ0v) is 9.57. The summed E-state index contributed by atoms with van der Waals surface area (Å²) < 4.78 is 36.7. The van der Waals surface area contributed by atoms with Crippen LogP contribution in [0.2, 0.25) is 0 Å². The Hall–Kier alpha value is -1.66. The van der Waals surface area contributed by atoms with Gasteiger partial charge in [-0.15, -0.1) is 0 Å². The van der Waals surface area contributed by atoms with E-state index in [1.165, 1.54) is 6.07 Å². The van der Waals surface area contributed by atoms with Crippen LogP contribution in [0.5, 0.6) is 0 Å². The van der Waals surface area contributed by atoms with E-state index in [-0.39, 0.29) is 11.5 Å². The molecule has 1 saturated heterocycles. The van der Waals surface area contributed by atoms with Crippen molar-refractivity contribution in [3.05, 3.63) is 18.1 Å². The van der Waals surface area contributed by atoms with Gasteiger partial charge >= 0.3 is 6.18 Å². The molecule has 0 aromatic carbocycles. The van der Waals surface area contributed by atoms with Gasteiger partial charge in [0.15, 0.2) is 0 Å². The number of piperidine rings is 1. The molecule has 0 N–H and O–H groups in total. The Kier molecular flexibility index (Phi) is 3.49. The number of alkyl halides is 3. The monoisotopic (exact) mass is 259 g/mol. The van der Waals surface area contributed by atoms with Gasteiger partial charge in [-0.3, -0.25) is 4.79 Å². The number of halogens is 3. The summed E-state index contributed by atoms with van der Waals surface area (Å²) in [5.41, 5.74) is -0.0515. The van der Waals surface area contributed by atoms with Crippen LogP contribution in [-0.2, 0) is 11.2 Å². The minimum absolute atomic E-state index is 0.0515. The van der Waals surface area contributed by atoms with Crippen molar-refractivity contribution in [2.45, 2.75) is 25.4 Å². The number of anilines is 1. The first-order valence-corrected chi connectivity index (χ1v) is 5.58. The Morgan fingerprint density at radius 1 is 1.22 bits per heavy atom. The first-order valence-electron chi connectivity index (χ1n) is 5.58. The number of carbonyl (C=O) groups excluding carboxylic acids is 1. The highest BCUT2D eigenvalue weighted by molar-refractivity contribution is 5.80. The fourth-order valence-electron chi connectivity index (χ4n) is 1.85. The van der Waals surface area contributed by atoms with Gasteiger partial charge < -0.3 is 4.90 Å². The average molecular weight is 259 g/mol. The topological polar surface area (TPSA) is 46.1 Å². The summed E-state index contributed by atoms with van der Waals surface area (Å²) >= 11 is 0. The molecule has 1 aliphatic heterocycles. The summed E-state index contributed by atoms with van der Waals surface area (Å²) in [5.74, 6) is 0.632. The van der Waals surface area contributed by atoms with Crippen molar-refractivity contribution in [2.75, 3.05) is 18.0 Å². The van der Waals surface area contributed by atoms with E-state index >= 15 is 0 Å². The van der Waals surface area contributed by atoms with Crippen molar-refractivity contribution in [1.82, 2.24) is 9.97 Å².